The normalized spacial score (nSPS) is 25.9. The molecule has 0 radical (unpaired) electrons. The van der Waals surface area contributed by atoms with Gasteiger partial charge in [0, 0.05) is 44.7 Å². The van der Waals surface area contributed by atoms with Crippen molar-refractivity contribution in [2.24, 2.45) is 5.92 Å². The highest BCUT2D eigenvalue weighted by molar-refractivity contribution is 7.89. The van der Waals surface area contributed by atoms with Crippen LogP contribution in [-0.4, -0.2) is 88.2 Å². The summed E-state index contributed by atoms with van der Waals surface area (Å²) < 4.78 is 39.7. The van der Waals surface area contributed by atoms with E-state index in [0.29, 0.717) is 56.6 Å². The third-order valence-electron chi connectivity index (χ3n) is 7.19. The fourth-order valence-corrected chi connectivity index (χ4v) is 7.73. The van der Waals surface area contributed by atoms with Crippen LogP contribution >= 0.6 is 0 Å². The van der Waals surface area contributed by atoms with Crippen molar-refractivity contribution in [2.45, 2.75) is 57.0 Å². The number of benzene rings is 1. The maximum absolute atomic E-state index is 13.6. The summed E-state index contributed by atoms with van der Waals surface area (Å²) in [5, 5.41) is 3.11. The highest BCUT2D eigenvalue weighted by Gasteiger charge is 2.41. The maximum atomic E-state index is 13.6. The fraction of sp³-hybridized carbons (Fsp3) is 0.708. The second-order valence-corrected chi connectivity index (χ2v) is 11.4. The molecule has 3 saturated heterocycles. The van der Waals surface area contributed by atoms with Crippen molar-refractivity contribution in [3.8, 4) is 0 Å². The van der Waals surface area contributed by atoms with E-state index in [0.717, 1.165) is 42.8 Å². The summed E-state index contributed by atoms with van der Waals surface area (Å²) in [6.45, 7) is 11.0. The van der Waals surface area contributed by atoms with Crippen molar-refractivity contribution in [1.82, 2.24) is 14.5 Å². The van der Waals surface area contributed by atoms with Gasteiger partial charge < -0.3 is 14.8 Å². The van der Waals surface area contributed by atoms with Gasteiger partial charge in [0.15, 0.2) is 0 Å². The minimum atomic E-state index is -3.76. The van der Waals surface area contributed by atoms with Gasteiger partial charge in [0.1, 0.15) is 6.04 Å². The lowest BCUT2D eigenvalue weighted by Gasteiger charge is -2.37. The van der Waals surface area contributed by atoms with E-state index in [9.17, 15) is 13.2 Å². The molecule has 184 valence electrons. The Labute approximate surface area is 197 Å². The summed E-state index contributed by atoms with van der Waals surface area (Å²) in [6.07, 6.45) is 2.21. The zero-order chi connectivity index (χ0) is 23.6. The monoisotopic (exact) mass is 479 g/mol. The summed E-state index contributed by atoms with van der Waals surface area (Å²) in [5.41, 5.74) is 2.49. The van der Waals surface area contributed by atoms with E-state index in [4.69, 9.17) is 9.47 Å². The summed E-state index contributed by atoms with van der Waals surface area (Å²) in [5.74, 6) is 0.167. The third-order valence-corrected chi connectivity index (χ3v) is 9.40. The minimum absolute atomic E-state index is 0.174. The Hall–Kier alpha value is -1.52. The van der Waals surface area contributed by atoms with Crippen LogP contribution in [0.5, 0.6) is 0 Å². The molecule has 1 N–H and O–H groups in total. The van der Waals surface area contributed by atoms with Gasteiger partial charge in [-0.3, -0.25) is 9.69 Å². The minimum Gasteiger partial charge on any atom is -0.381 e. The first-order valence-corrected chi connectivity index (χ1v) is 13.5. The van der Waals surface area contributed by atoms with E-state index in [1.807, 2.05) is 32.9 Å². The molecule has 33 heavy (non-hydrogen) atoms. The summed E-state index contributed by atoms with van der Waals surface area (Å²) in [6, 6.07) is 3.29. The molecule has 0 aromatic heterocycles. The van der Waals surface area contributed by atoms with Crippen molar-refractivity contribution in [2.75, 3.05) is 52.6 Å². The second kappa shape index (κ2) is 10.4. The zero-order valence-electron chi connectivity index (χ0n) is 20.0. The highest BCUT2D eigenvalue weighted by atomic mass is 32.2. The number of aryl methyl sites for hydroxylation is 3. The van der Waals surface area contributed by atoms with Gasteiger partial charge in [-0.15, -0.1) is 0 Å². The van der Waals surface area contributed by atoms with Gasteiger partial charge in [0.05, 0.1) is 24.7 Å². The SMILES string of the molecule is Cc1cc(C)c(S(=O)(=O)N2CCCC2C(=O)NCC(C2CCOC2)N2CCOCC2)c(C)c1. The number of nitrogens with zero attached hydrogens (tertiary/aromatic N) is 2. The molecule has 3 fully saturated rings. The van der Waals surface area contributed by atoms with Gasteiger partial charge in [-0.1, -0.05) is 17.7 Å². The zero-order valence-corrected chi connectivity index (χ0v) is 20.8. The van der Waals surface area contributed by atoms with Gasteiger partial charge in [0.2, 0.25) is 15.9 Å². The number of ether oxygens (including phenoxy) is 2. The number of nitrogens with one attached hydrogen (secondary N) is 1. The number of hydrogen-bond acceptors (Lipinski definition) is 6. The molecule has 0 bridgehead atoms. The molecule has 3 aliphatic heterocycles. The molecular weight excluding hydrogens is 442 g/mol. The number of morpholine rings is 1. The molecule has 1 aromatic carbocycles. The number of sulfonamides is 1. The summed E-state index contributed by atoms with van der Waals surface area (Å²) >= 11 is 0. The Kier molecular flexibility index (Phi) is 7.75. The molecular formula is C24H37N3O5S. The van der Waals surface area contributed by atoms with E-state index in [1.165, 1.54) is 4.31 Å². The molecule has 1 amide bonds. The first kappa shape index (κ1) is 24.6. The van der Waals surface area contributed by atoms with Crippen molar-refractivity contribution >= 4 is 15.9 Å². The average molecular weight is 480 g/mol. The molecule has 8 nitrogen and oxygen atoms in total. The van der Waals surface area contributed by atoms with E-state index in [-0.39, 0.29) is 11.9 Å². The topological polar surface area (TPSA) is 88.2 Å². The molecule has 3 aliphatic rings. The standard InChI is InChI=1S/C24H37N3O5S/c1-17-13-18(2)23(19(3)14-17)33(29,30)27-7-4-5-21(27)24(28)25-15-22(20-6-10-32-16-20)26-8-11-31-12-9-26/h13-14,20-22H,4-12,15-16H2,1-3H3,(H,25,28). The Morgan fingerprint density at radius 2 is 1.76 bits per heavy atom. The predicted octanol–water partition coefficient (Wildman–Crippen LogP) is 1.62. The smallest absolute Gasteiger partial charge is 0.244 e. The van der Waals surface area contributed by atoms with E-state index >= 15 is 0 Å². The van der Waals surface area contributed by atoms with E-state index in [2.05, 4.69) is 10.2 Å². The second-order valence-electron chi connectivity index (χ2n) is 9.59. The Morgan fingerprint density at radius 3 is 2.39 bits per heavy atom. The lowest BCUT2D eigenvalue weighted by Crippen LogP contribution is -2.54. The van der Waals surface area contributed by atoms with Gasteiger partial charge in [0.25, 0.3) is 0 Å². The Morgan fingerprint density at radius 1 is 1.06 bits per heavy atom. The summed E-state index contributed by atoms with van der Waals surface area (Å²) in [4.78, 5) is 16.0. The van der Waals surface area contributed by atoms with Crippen molar-refractivity contribution < 1.29 is 22.7 Å². The van der Waals surface area contributed by atoms with Crippen molar-refractivity contribution in [1.29, 1.82) is 0 Å². The average Bonchev–Trinajstić information content (AvgIpc) is 3.46. The molecule has 3 heterocycles. The maximum Gasteiger partial charge on any atom is 0.244 e. The highest BCUT2D eigenvalue weighted by Crippen LogP contribution is 2.31. The van der Waals surface area contributed by atoms with Crippen molar-refractivity contribution in [3.05, 3.63) is 28.8 Å². The Balaban J connectivity index is 1.48. The van der Waals surface area contributed by atoms with Crippen LogP contribution in [0.25, 0.3) is 0 Å². The molecule has 1 aromatic rings. The van der Waals surface area contributed by atoms with Crippen molar-refractivity contribution in [3.63, 3.8) is 0 Å². The quantitative estimate of drug-likeness (QED) is 0.640. The summed E-state index contributed by atoms with van der Waals surface area (Å²) in [7, 11) is -3.76. The number of amides is 1. The van der Waals surface area contributed by atoms with Crippen LogP contribution in [0.2, 0.25) is 0 Å². The third kappa shape index (κ3) is 5.27. The van der Waals surface area contributed by atoms with Crippen LogP contribution in [-0.2, 0) is 24.3 Å². The molecule has 0 aliphatic carbocycles. The number of rotatable bonds is 7. The molecule has 0 spiro atoms. The van der Waals surface area contributed by atoms with Gasteiger partial charge in [-0.2, -0.15) is 4.31 Å². The van der Waals surface area contributed by atoms with Crippen LogP contribution in [0.15, 0.2) is 17.0 Å². The fourth-order valence-electron chi connectivity index (χ4n) is 5.66. The molecule has 9 heteroatoms. The lowest BCUT2D eigenvalue weighted by molar-refractivity contribution is -0.124. The number of hydrogen-bond donors (Lipinski definition) is 1. The van der Waals surface area contributed by atoms with Crippen LogP contribution < -0.4 is 5.32 Å². The van der Waals surface area contributed by atoms with Crippen LogP contribution in [0.4, 0.5) is 0 Å². The molecule has 4 rings (SSSR count). The van der Waals surface area contributed by atoms with Crippen LogP contribution in [0.1, 0.15) is 36.0 Å². The van der Waals surface area contributed by atoms with Gasteiger partial charge in [-0.05, 0) is 51.2 Å². The van der Waals surface area contributed by atoms with Gasteiger partial charge in [-0.25, -0.2) is 8.42 Å². The predicted molar refractivity (Wildman–Crippen MR) is 126 cm³/mol. The molecule has 3 unspecified atom stereocenters. The lowest BCUT2D eigenvalue weighted by atomic mass is 9.96. The van der Waals surface area contributed by atoms with E-state index < -0.39 is 16.1 Å². The van der Waals surface area contributed by atoms with Gasteiger partial charge >= 0.3 is 0 Å². The molecule has 3 atom stereocenters. The molecule has 0 saturated carbocycles. The first-order chi connectivity index (χ1) is 15.8. The number of carbonyl (C=O) groups excluding carboxylic acids is 1. The van der Waals surface area contributed by atoms with Crippen LogP contribution in [0.3, 0.4) is 0 Å². The van der Waals surface area contributed by atoms with Crippen LogP contribution in [0, 0.1) is 26.7 Å². The number of carbonyl (C=O) groups is 1. The largest absolute Gasteiger partial charge is 0.381 e. The first-order valence-electron chi connectivity index (χ1n) is 12.1. The van der Waals surface area contributed by atoms with E-state index in [1.54, 1.807) is 0 Å². The Bertz CT molecular complexity index is 932.